The van der Waals surface area contributed by atoms with E-state index in [4.69, 9.17) is 11.6 Å². The van der Waals surface area contributed by atoms with Gasteiger partial charge in [-0.25, -0.2) is 4.79 Å². The van der Waals surface area contributed by atoms with Crippen LogP contribution in [-0.2, 0) is 16.1 Å². The number of carbonyl (C=O) groups excluding carboxylic acids is 2. The number of hydrogen-bond donors (Lipinski definition) is 1. The lowest BCUT2D eigenvalue weighted by Gasteiger charge is -2.09. The van der Waals surface area contributed by atoms with Crippen molar-refractivity contribution in [3.8, 4) is 11.4 Å². The lowest BCUT2D eigenvalue weighted by atomic mass is 10.2. The number of aromatic nitrogens is 4. The maximum absolute atomic E-state index is 12.4. The Morgan fingerprint density at radius 3 is 2.66 bits per heavy atom. The summed E-state index contributed by atoms with van der Waals surface area (Å²) in [5.41, 5.74) is 1.54. The van der Waals surface area contributed by atoms with Crippen molar-refractivity contribution in [1.29, 1.82) is 0 Å². The average molecular weight is 432 g/mol. The summed E-state index contributed by atoms with van der Waals surface area (Å²) in [4.78, 5) is 28.1. The number of esters is 1. The van der Waals surface area contributed by atoms with E-state index in [1.54, 1.807) is 12.4 Å². The number of nitrogens with one attached hydrogen (secondary N) is 1. The number of carbonyl (C=O) groups is 2. The first-order chi connectivity index (χ1) is 14.0. The van der Waals surface area contributed by atoms with E-state index in [9.17, 15) is 9.59 Å². The van der Waals surface area contributed by atoms with Gasteiger partial charge in [-0.2, -0.15) is 0 Å². The maximum atomic E-state index is 12.4. The van der Waals surface area contributed by atoms with Crippen molar-refractivity contribution in [2.45, 2.75) is 18.6 Å². The molecule has 0 atom stereocenters. The summed E-state index contributed by atoms with van der Waals surface area (Å²) in [6.07, 6.45) is 3.38. The number of nitrogens with zero attached hydrogens (tertiary/aromatic N) is 4. The highest BCUT2D eigenvalue weighted by Crippen LogP contribution is 2.26. The Hall–Kier alpha value is -2.91. The van der Waals surface area contributed by atoms with Gasteiger partial charge in [0.2, 0.25) is 5.91 Å². The fourth-order valence-electron chi connectivity index (χ4n) is 2.58. The first-order valence-corrected chi connectivity index (χ1v) is 10.0. The number of halogens is 1. The van der Waals surface area contributed by atoms with E-state index in [1.807, 2.05) is 23.6 Å². The summed E-state index contributed by atoms with van der Waals surface area (Å²) in [5.74, 6) is 0.0284. The van der Waals surface area contributed by atoms with E-state index >= 15 is 0 Å². The van der Waals surface area contributed by atoms with Gasteiger partial charge >= 0.3 is 5.97 Å². The number of methoxy groups -OCH3 is 1. The third kappa shape index (κ3) is 4.93. The number of rotatable bonds is 7. The van der Waals surface area contributed by atoms with E-state index in [1.165, 1.54) is 37.1 Å². The van der Waals surface area contributed by atoms with Crippen molar-refractivity contribution in [2.75, 3.05) is 18.2 Å². The van der Waals surface area contributed by atoms with Crippen LogP contribution in [0, 0.1) is 0 Å². The van der Waals surface area contributed by atoms with Crippen LogP contribution >= 0.6 is 23.4 Å². The number of anilines is 1. The van der Waals surface area contributed by atoms with Gasteiger partial charge in [-0.15, -0.1) is 10.2 Å². The van der Waals surface area contributed by atoms with E-state index in [0.29, 0.717) is 33.8 Å². The van der Waals surface area contributed by atoms with Crippen LogP contribution in [0.15, 0.2) is 47.9 Å². The van der Waals surface area contributed by atoms with Crippen LogP contribution in [0.2, 0.25) is 5.02 Å². The summed E-state index contributed by atoms with van der Waals surface area (Å²) in [6.45, 7) is 2.64. The molecule has 1 N–H and O–H groups in total. The van der Waals surface area contributed by atoms with Crippen molar-refractivity contribution >= 4 is 40.9 Å². The Balaban J connectivity index is 1.69. The summed E-state index contributed by atoms with van der Waals surface area (Å²) < 4.78 is 6.61. The van der Waals surface area contributed by atoms with Crippen LogP contribution < -0.4 is 5.32 Å². The van der Waals surface area contributed by atoms with E-state index < -0.39 is 5.97 Å². The SMILES string of the molecule is CCn1c(SCC(=O)Nc2cc(C(=O)OC)ccc2Cl)nnc1-c1ccncc1. The Labute approximate surface area is 176 Å². The molecule has 3 rings (SSSR count). The predicted octanol–water partition coefficient (Wildman–Crippen LogP) is 3.53. The van der Waals surface area contributed by atoms with Gasteiger partial charge in [0.1, 0.15) is 0 Å². The predicted molar refractivity (Wildman–Crippen MR) is 111 cm³/mol. The largest absolute Gasteiger partial charge is 0.465 e. The second-order valence-corrected chi connectivity index (χ2v) is 7.16. The lowest BCUT2D eigenvalue weighted by molar-refractivity contribution is -0.113. The van der Waals surface area contributed by atoms with Crippen molar-refractivity contribution in [2.24, 2.45) is 0 Å². The standard InChI is InChI=1S/C19H18ClN5O3S/c1-3-25-17(12-6-8-21-9-7-12)23-24-19(25)29-11-16(26)22-15-10-13(18(27)28-2)4-5-14(15)20/h4-10H,3,11H2,1-2H3,(H,22,26). The van der Waals surface area contributed by atoms with E-state index in [-0.39, 0.29) is 11.7 Å². The highest BCUT2D eigenvalue weighted by atomic mass is 35.5. The quantitative estimate of drug-likeness (QED) is 0.451. The van der Waals surface area contributed by atoms with Crippen LogP contribution in [0.3, 0.4) is 0 Å². The molecule has 0 aliphatic carbocycles. The smallest absolute Gasteiger partial charge is 0.337 e. The maximum Gasteiger partial charge on any atom is 0.337 e. The van der Waals surface area contributed by atoms with Crippen molar-refractivity contribution < 1.29 is 14.3 Å². The van der Waals surface area contributed by atoms with Crippen molar-refractivity contribution in [1.82, 2.24) is 19.7 Å². The molecule has 0 radical (unpaired) electrons. The highest BCUT2D eigenvalue weighted by molar-refractivity contribution is 7.99. The molecule has 2 heterocycles. The van der Waals surface area contributed by atoms with Gasteiger partial charge in [-0.1, -0.05) is 23.4 Å². The molecule has 0 spiro atoms. The Bertz CT molecular complexity index is 1030. The minimum atomic E-state index is -0.508. The van der Waals surface area contributed by atoms with Crippen LogP contribution in [0.25, 0.3) is 11.4 Å². The van der Waals surface area contributed by atoms with Crippen LogP contribution in [-0.4, -0.2) is 44.5 Å². The number of thioether (sulfide) groups is 1. The minimum absolute atomic E-state index is 0.104. The molecule has 1 aromatic carbocycles. The van der Waals surface area contributed by atoms with Gasteiger partial charge < -0.3 is 14.6 Å². The second-order valence-electron chi connectivity index (χ2n) is 5.81. The zero-order chi connectivity index (χ0) is 20.8. The number of amides is 1. The molecule has 3 aromatic rings. The fraction of sp³-hybridized carbons (Fsp3) is 0.211. The number of benzene rings is 1. The first kappa shape index (κ1) is 20.8. The molecule has 0 saturated heterocycles. The lowest BCUT2D eigenvalue weighted by Crippen LogP contribution is -2.15. The molecule has 29 heavy (non-hydrogen) atoms. The van der Waals surface area contributed by atoms with Crippen LogP contribution in [0.4, 0.5) is 5.69 Å². The average Bonchev–Trinajstić information content (AvgIpc) is 3.16. The molecule has 0 saturated carbocycles. The molecule has 0 aliphatic rings. The summed E-state index contributed by atoms with van der Waals surface area (Å²) in [5, 5.41) is 12.1. The van der Waals surface area contributed by atoms with Gasteiger partial charge in [0, 0.05) is 24.5 Å². The monoisotopic (exact) mass is 431 g/mol. The summed E-state index contributed by atoms with van der Waals surface area (Å²) in [6, 6.07) is 8.25. The van der Waals surface area contributed by atoms with E-state index in [0.717, 1.165) is 5.56 Å². The van der Waals surface area contributed by atoms with Crippen molar-refractivity contribution in [3.05, 3.63) is 53.3 Å². The number of hydrogen-bond acceptors (Lipinski definition) is 7. The fourth-order valence-corrected chi connectivity index (χ4v) is 3.54. The van der Waals surface area contributed by atoms with E-state index in [2.05, 4.69) is 25.2 Å². The third-order valence-corrected chi connectivity index (χ3v) is 5.26. The number of pyridine rings is 1. The highest BCUT2D eigenvalue weighted by Gasteiger charge is 2.16. The normalized spacial score (nSPS) is 10.6. The molecular formula is C19H18ClN5O3S. The molecule has 10 heteroatoms. The molecule has 0 bridgehead atoms. The zero-order valence-corrected chi connectivity index (χ0v) is 17.3. The first-order valence-electron chi connectivity index (χ1n) is 8.67. The minimum Gasteiger partial charge on any atom is -0.465 e. The van der Waals surface area contributed by atoms with Gasteiger partial charge in [0.05, 0.1) is 29.1 Å². The molecule has 2 aromatic heterocycles. The van der Waals surface area contributed by atoms with Crippen molar-refractivity contribution in [3.63, 3.8) is 0 Å². The number of ether oxygens (including phenoxy) is 1. The topological polar surface area (TPSA) is 99.0 Å². The molecule has 0 fully saturated rings. The second kappa shape index (κ2) is 9.53. The van der Waals surface area contributed by atoms with Gasteiger partial charge in [-0.05, 0) is 37.3 Å². The summed E-state index contributed by atoms with van der Waals surface area (Å²) in [7, 11) is 1.29. The molecule has 0 aliphatic heterocycles. The van der Waals surface area contributed by atoms with Gasteiger partial charge in [0.25, 0.3) is 0 Å². The summed E-state index contributed by atoms with van der Waals surface area (Å²) >= 11 is 7.38. The third-order valence-electron chi connectivity index (χ3n) is 3.97. The van der Waals surface area contributed by atoms with Crippen LogP contribution in [0.5, 0.6) is 0 Å². The molecule has 0 unspecified atom stereocenters. The molecule has 1 amide bonds. The Morgan fingerprint density at radius 2 is 1.97 bits per heavy atom. The van der Waals surface area contributed by atoms with Gasteiger partial charge in [-0.3, -0.25) is 9.78 Å². The zero-order valence-electron chi connectivity index (χ0n) is 15.8. The van der Waals surface area contributed by atoms with Crippen LogP contribution in [0.1, 0.15) is 17.3 Å². The molecule has 150 valence electrons. The molecule has 8 nitrogen and oxygen atoms in total. The Morgan fingerprint density at radius 1 is 1.21 bits per heavy atom. The Kier molecular flexibility index (Phi) is 6.84. The van der Waals surface area contributed by atoms with Gasteiger partial charge in [0.15, 0.2) is 11.0 Å². The molecular weight excluding hydrogens is 414 g/mol.